The second-order valence-electron chi connectivity index (χ2n) is 10.4. The van der Waals surface area contributed by atoms with E-state index in [4.69, 9.17) is 17.3 Å². The Balaban J connectivity index is 1.66. The molecule has 1 aliphatic carbocycles. The lowest BCUT2D eigenvalue weighted by molar-refractivity contribution is -0.384. The summed E-state index contributed by atoms with van der Waals surface area (Å²) in [6, 6.07) is 19.0. The number of allylic oxidation sites excluding steroid dienone is 3. The summed E-state index contributed by atoms with van der Waals surface area (Å²) in [7, 11) is 0. The Bertz CT molecular complexity index is 1690. The number of halogens is 1. The van der Waals surface area contributed by atoms with Gasteiger partial charge < -0.3 is 5.73 Å². The van der Waals surface area contributed by atoms with Crippen molar-refractivity contribution in [3.8, 4) is 6.07 Å². The van der Waals surface area contributed by atoms with E-state index >= 15 is 0 Å². The van der Waals surface area contributed by atoms with Gasteiger partial charge in [0.15, 0.2) is 5.78 Å². The highest BCUT2D eigenvalue weighted by atomic mass is 35.5. The minimum absolute atomic E-state index is 0.0560. The van der Waals surface area contributed by atoms with Gasteiger partial charge >= 0.3 is 0 Å². The van der Waals surface area contributed by atoms with Crippen LogP contribution in [0.2, 0.25) is 5.02 Å². The predicted octanol–water partition coefficient (Wildman–Crippen LogP) is 7.77. The first kappa shape index (κ1) is 28.5. The van der Waals surface area contributed by atoms with Gasteiger partial charge in [0.05, 0.1) is 33.2 Å². The van der Waals surface area contributed by atoms with E-state index in [0.717, 1.165) is 32.9 Å². The molecule has 0 aromatic heterocycles. The molecule has 208 valence electrons. The van der Waals surface area contributed by atoms with Crippen molar-refractivity contribution >= 4 is 40.5 Å². The maximum Gasteiger partial charge on any atom is 0.271 e. The molecule has 1 aliphatic heterocycles. The number of carbonyl (C=O) groups is 1. The Morgan fingerprint density at radius 3 is 2.51 bits per heavy atom. The summed E-state index contributed by atoms with van der Waals surface area (Å²) in [4.78, 5) is 27.4. The zero-order valence-corrected chi connectivity index (χ0v) is 24.6. The van der Waals surface area contributed by atoms with Gasteiger partial charge in [-0.25, -0.2) is 0 Å². The molecule has 0 saturated heterocycles. The zero-order valence-electron chi connectivity index (χ0n) is 23.0. The van der Waals surface area contributed by atoms with E-state index < -0.39 is 10.8 Å². The highest BCUT2D eigenvalue weighted by Crippen LogP contribution is 2.49. The van der Waals surface area contributed by atoms with Crippen molar-refractivity contribution < 1.29 is 9.72 Å². The zero-order chi connectivity index (χ0) is 29.4. The Morgan fingerprint density at radius 2 is 1.83 bits per heavy atom. The summed E-state index contributed by atoms with van der Waals surface area (Å²) in [5.41, 5.74) is 13.4. The molecular weight excluding hydrogens is 556 g/mol. The van der Waals surface area contributed by atoms with Crippen molar-refractivity contribution in [1.29, 1.82) is 5.26 Å². The number of aryl methyl sites for hydroxylation is 2. The first-order valence-electron chi connectivity index (χ1n) is 13.3. The maximum atomic E-state index is 13.6. The SMILES string of the molecule is Cc1ccc(SCc2cc(C)cc(C3C(C#N)=C(N)N(c4cc([N+](=O)[O-])ccc4Cl)C4=C3C(=O)CCC4)c2C)cc1. The van der Waals surface area contributed by atoms with Crippen LogP contribution in [0.25, 0.3) is 0 Å². The molecule has 2 N–H and O–H groups in total. The van der Waals surface area contributed by atoms with Gasteiger partial charge in [0.1, 0.15) is 5.82 Å². The molecule has 41 heavy (non-hydrogen) atoms. The number of carbonyl (C=O) groups excluding carboxylic acids is 1. The average molecular weight is 585 g/mol. The Labute approximate surface area is 248 Å². The number of nitro benzene ring substituents is 1. The molecule has 7 nitrogen and oxygen atoms in total. The van der Waals surface area contributed by atoms with Gasteiger partial charge in [0.2, 0.25) is 0 Å². The third-order valence-electron chi connectivity index (χ3n) is 7.72. The van der Waals surface area contributed by atoms with Gasteiger partial charge in [0, 0.05) is 40.5 Å². The van der Waals surface area contributed by atoms with E-state index in [-0.39, 0.29) is 33.6 Å². The van der Waals surface area contributed by atoms with Gasteiger partial charge in [-0.15, -0.1) is 11.8 Å². The number of hydrogen-bond acceptors (Lipinski definition) is 7. The molecule has 0 bridgehead atoms. The van der Waals surface area contributed by atoms with Crippen LogP contribution in [-0.4, -0.2) is 10.7 Å². The molecule has 9 heteroatoms. The Kier molecular flexibility index (Phi) is 7.94. The summed E-state index contributed by atoms with van der Waals surface area (Å²) in [6.07, 6.45) is 1.48. The van der Waals surface area contributed by atoms with Gasteiger partial charge in [-0.1, -0.05) is 47.0 Å². The van der Waals surface area contributed by atoms with Crippen LogP contribution in [0.15, 0.2) is 82.2 Å². The lowest BCUT2D eigenvalue weighted by Gasteiger charge is -2.40. The molecule has 0 fully saturated rings. The molecule has 0 radical (unpaired) electrons. The molecule has 5 rings (SSSR count). The average Bonchev–Trinajstić information content (AvgIpc) is 2.94. The largest absolute Gasteiger partial charge is 0.384 e. The van der Waals surface area contributed by atoms with Crippen molar-refractivity contribution in [2.24, 2.45) is 5.73 Å². The van der Waals surface area contributed by atoms with Crippen LogP contribution in [0.1, 0.15) is 53.0 Å². The number of nitriles is 1. The van der Waals surface area contributed by atoms with Crippen molar-refractivity contribution in [2.45, 2.75) is 56.6 Å². The normalized spacial score (nSPS) is 17.0. The summed E-state index contributed by atoms with van der Waals surface area (Å²) in [6.45, 7) is 6.10. The lowest BCUT2D eigenvalue weighted by Crippen LogP contribution is -2.39. The molecule has 0 spiro atoms. The molecule has 1 atom stereocenters. The quantitative estimate of drug-likeness (QED) is 0.179. The highest BCUT2D eigenvalue weighted by molar-refractivity contribution is 7.98. The van der Waals surface area contributed by atoms with E-state index in [9.17, 15) is 20.2 Å². The van der Waals surface area contributed by atoms with Crippen LogP contribution < -0.4 is 10.6 Å². The molecule has 1 heterocycles. The summed E-state index contributed by atoms with van der Waals surface area (Å²) < 4.78 is 0. The third kappa shape index (κ3) is 5.35. The number of nitrogens with zero attached hydrogens (tertiary/aromatic N) is 3. The van der Waals surface area contributed by atoms with Gasteiger partial charge in [-0.3, -0.25) is 19.8 Å². The Hall–Kier alpha value is -4.06. The fraction of sp³-hybridized carbons (Fsp3) is 0.250. The number of hydrogen-bond donors (Lipinski definition) is 1. The molecule has 1 unspecified atom stereocenters. The number of benzene rings is 3. The van der Waals surface area contributed by atoms with E-state index in [1.807, 2.05) is 19.9 Å². The van der Waals surface area contributed by atoms with E-state index in [2.05, 4.69) is 43.3 Å². The molecule has 3 aromatic carbocycles. The summed E-state index contributed by atoms with van der Waals surface area (Å²) >= 11 is 8.27. The number of nitrogens with two attached hydrogens (primary N) is 1. The second-order valence-corrected chi connectivity index (χ2v) is 11.9. The van der Waals surface area contributed by atoms with Crippen molar-refractivity contribution in [3.63, 3.8) is 0 Å². The summed E-state index contributed by atoms with van der Waals surface area (Å²) in [5, 5.41) is 22.3. The monoisotopic (exact) mass is 584 g/mol. The van der Waals surface area contributed by atoms with Crippen LogP contribution in [-0.2, 0) is 10.5 Å². The first-order chi connectivity index (χ1) is 19.6. The van der Waals surface area contributed by atoms with Crippen LogP contribution in [0.3, 0.4) is 0 Å². The number of nitro groups is 1. The van der Waals surface area contributed by atoms with E-state index in [1.165, 1.54) is 23.8 Å². The molecule has 0 saturated carbocycles. The van der Waals surface area contributed by atoms with Crippen LogP contribution in [0, 0.1) is 42.2 Å². The topological polar surface area (TPSA) is 113 Å². The number of thioether (sulfide) groups is 1. The molecule has 3 aromatic rings. The van der Waals surface area contributed by atoms with E-state index in [0.29, 0.717) is 30.5 Å². The minimum atomic E-state index is -0.639. The lowest BCUT2D eigenvalue weighted by atomic mass is 9.73. The van der Waals surface area contributed by atoms with Crippen LogP contribution >= 0.6 is 23.4 Å². The van der Waals surface area contributed by atoms with Crippen molar-refractivity contribution in [1.82, 2.24) is 0 Å². The smallest absolute Gasteiger partial charge is 0.271 e. The maximum absolute atomic E-state index is 13.6. The minimum Gasteiger partial charge on any atom is -0.384 e. The third-order valence-corrected chi connectivity index (χ3v) is 9.10. The molecule has 0 amide bonds. The molecular formula is C32H29ClN4O3S. The predicted molar refractivity (Wildman–Crippen MR) is 163 cm³/mol. The number of non-ortho nitro benzene ring substituents is 1. The van der Waals surface area contributed by atoms with Crippen LogP contribution in [0.5, 0.6) is 0 Å². The van der Waals surface area contributed by atoms with Crippen molar-refractivity contribution in [2.75, 3.05) is 4.90 Å². The van der Waals surface area contributed by atoms with Gasteiger partial charge in [-0.05, 0) is 68.5 Å². The Morgan fingerprint density at radius 1 is 1.10 bits per heavy atom. The number of ketones is 1. The van der Waals surface area contributed by atoms with Gasteiger partial charge in [-0.2, -0.15) is 5.26 Å². The van der Waals surface area contributed by atoms with Crippen LogP contribution in [0.4, 0.5) is 11.4 Å². The summed E-state index contributed by atoms with van der Waals surface area (Å²) in [5.74, 6) is 0.163. The number of rotatable bonds is 6. The van der Waals surface area contributed by atoms with E-state index in [1.54, 1.807) is 16.7 Å². The van der Waals surface area contributed by atoms with Gasteiger partial charge in [0.25, 0.3) is 5.69 Å². The van der Waals surface area contributed by atoms with Crippen molar-refractivity contribution in [3.05, 3.63) is 120 Å². The second kappa shape index (κ2) is 11.4. The fourth-order valence-electron chi connectivity index (χ4n) is 5.67. The first-order valence-corrected chi connectivity index (χ1v) is 14.7. The number of Topliss-reactive ketones (excluding diaryl/α,β-unsaturated/α-hetero) is 1. The fourth-order valence-corrected chi connectivity index (χ4v) is 6.82. The number of anilines is 1. The highest BCUT2D eigenvalue weighted by Gasteiger charge is 2.41. The standard InChI is InChI=1S/C32H29ClN4O3S/c1-18-7-10-23(11-8-18)41-17-21-13-19(2)14-24(20(21)3)30-25(16-34)32(35)36(27-5-4-6-29(38)31(27)30)28-15-22(37(39)40)9-12-26(28)33/h7-15,30H,4-6,17,35H2,1-3H3. The molecule has 2 aliphatic rings.